The highest BCUT2D eigenvalue weighted by molar-refractivity contribution is 5.95. The van der Waals surface area contributed by atoms with E-state index in [4.69, 9.17) is 0 Å². The normalized spacial score (nSPS) is 14.8. The zero-order valence-corrected chi connectivity index (χ0v) is 17.0. The van der Waals surface area contributed by atoms with Gasteiger partial charge in [-0.15, -0.1) is 0 Å². The molecule has 0 bridgehead atoms. The quantitative estimate of drug-likeness (QED) is 0.705. The summed E-state index contributed by atoms with van der Waals surface area (Å²) in [5.74, 6) is -0.263. The van der Waals surface area contributed by atoms with Crippen molar-refractivity contribution in [1.82, 2.24) is 9.88 Å². The number of nitrogens with zero attached hydrogens (tertiary/aromatic N) is 3. The molecular formula is C23H25FN4O2. The molecule has 156 valence electrons. The van der Waals surface area contributed by atoms with Gasteiger partial charge in [-0.3, -0.25) is 14.5 Å². The van der Waals surface area contributed by atoms with Gasteiger partial charge in [0.15, 0.2) is 0 Å². The highest BCUT2D eigenvalue weighted by Crippen LogP contribution is 2.25. The number of fused-ring (bicyclic) bond motifs is 1. The van der Waals surface area contributed by atoms with Crippen molar-refractivity contribution in [2.24, 2.45) is 0 Å². The van der Waals surface area contributed by atoms with Gasteiger partial charge in [0.2, 0.25) is 11.5 Å². The molecule has 0 spiro atoms. The molecule has 3 aromatic rings. The maximum absolute atomic E-state index is 13.8. The van der Waals surface area contributed by atoms with Crippen molar-refractivity contribution >= 4 is 28.2 Å². The number of pyridine rings is 1. The molecule has 1 aliphatic rings. The molecule has 0 saturated carbocycles. The summed E-state index contributed by atoms with van der Waals surface area (Å²) in [7, 11) is 0. The van der Waals surface area contributed by atoms with Gasteiger partial charge in [0.25, 0.3) is 0 Å². The highest BCUT2D eigenvalue weighted by Gasteiger charge is 2.23. The SMILES string of the molecule is CCN(C(=O)CN1CCN(c2cc(=O)[nH]c3ccc(F)cc23)CC1)c1ccccc1. The number of carbonyl (C=O) groups is 1. The average Bonchev–Trinajstić information content (AvgIpc) is 2.75. The minimum Gasteiger partial charge on any atom is -0.368 e. The number of piperazine rings is 1. The number of hydrogen-bond donors (Lipinski definition) is 1. The smallest absolute Gasteiger partial charge is 0.250 e. The lowest BCUT2D eigenvalue weighted by molar-refractivity contribution is -0.119. The summed E-state index contributed by atoms with van der Waals surface area (Å²) in [6, 6.07) is 15.6. The summed E-state index contributed by atoms with van der Waals surface area (Å²) < 4.78 is 13.8. The fourth-order valence-electron chi connectivity index (χ4n) is 4.00. The first-order valence-electron chi connectivity index (χ1n) is 10.2. The van der Waals surface area contributed by atoms with Crippen LogP contribution in [0.3, 0.4) is 0 Å². The van der Waals surface area contributed by atoms with Crippen LogP contribution in [0.4, 0.5) is 15.8 Å². The van der Waals surface area contributed by atoms with Crippen molar-refractivity contribution in [2.45, 2.75) is 6.92 Å². The number of aromatic nitrogens is 1. The summed E-state index contributed by atoms with van der Waals surface area (Å²) in [5.41, 5.74) is 2.06. The van der Waals surface area contributed by atoms with E-state index in [1.807, 2.05) is 37.3 Å². The van der Waals surface area contributed by atoms with Gasteiger partial charge < -0.3 is 14.8 Å². The maximum atomic E-state index is 13.8. The third kappa shape index (κ3) is 4.21. The van der Waals surface area contributed by atoms with Crippen LogP contribution in [-0.2, 0) is 4.79 Å². The molecule has 1 aliphatic heterocycles. The van der Waals surface area contributed by atoms with Crippen molar-refractivity contribution < 1.29 is 9.18 Å². The van der Waals surface area contributed by atoms with E-state index < -0.39 is 0 Å². The topological polar surface area (TPSA) is 59.7 Å². The molecule has 0 aliphatic carbocycles. The van der Waals surface area contributed by atoms with E-state index in [9.17, 15) is 14.0 Å². The monoisotopic (exact) mass is 408 g/mol. The summed E-state index contributed by atoms with van der Waals surface area (Å²) >= 11 is 0. The first-order chi connectivity index (χ1) is 14.5. The van der Waals surface area contributed by atoms with E-state index in [1.165, 1.54) is 18.2 Å². The summed E-state index contributed by atoms with van der Waals surface area (Å²) in [4.78, 5) is 33.6. The van der Waals surface area contributed by atoms with Crippen LogP contribution in [0.5, 0.6) is 0 Å². The average molecular weight is 408 g/mol. The lowest BCUT2D eigenvalue weighted by atomic mass is 10.1. The number of H-pyrrole nitrogens is 1. The van der Waals surface area contributed by atoms with E-state index in [0.29, 0.717) is 50.2 Å². The molecule has 4 rings (SSSR count). The zero-order chi connectivity index (χ0) is 21.1. The van der Waals surface area contributed by atoms with Crippen LogP contribution in [0.1, 0.15) is 6.92 Å². The number of nitrogens with one attached hydrogen (secondary N) is 1. The fourth-order valence-corrected chi connectivity index (χ4v) is 4.00. The van der Waals surface area contributed by atoms with Crippen LogP contribution in [0, 0.1) is 5.82 Å². The number of benzene rings is 2. The van der Waals surface area contributed by atoms with Gasteiger partial charge in [-0.1, -0.05) is 18.2 Å². The molecule has 1 saturated heterocycles. The molecule has 6 nitrogen and oxygen atoms in total. The minimum absolute atomic E-state index is 0.0702. The first kappa shape index (κ1) is 20.1. The number of aromatic amines is 1. The second-order valence-electron chi connectivity index (χ2n) is 7.45. The molecule has 1 amide bonds. The molecule has 1 aromatic heterocycles. The number of hydrogen-bond acceptors (Lipinski definition) is 4. The van der Waals surface area contributed by atoms with E-state index >= 15 is 0 Å². The third-order valence-corrected chi connectivity index (χ3v) is 5.54. The Bertz CT molecular complexity index is 1090. The molecule has 1 fully saturated rings. The molecular weight excluding hydrogens is 383 g/mol. The van der Waals surface area contributed by atoms with E-state index in [2.05, 4.69) is 14.8 Å². The van der Waals surface area contributed by atoms with Crippen LogP contribution < -0.4 is 15.4 Å². The summed E-state index contributed by atoms with van der Waals surface area (Å²) in [6.07, 6.45) is 0. The molecule has 1 N–H and O–H groups in total. The molecule has 0 atom stereocenters. The second-order valence-corrected chi connectivity index (χ2v) is 7.45. The standard InChI is InChI=1S/C23H25FN4O2/c1-2-28(18-6-4-3-5-7-18)23(30)16-26-10-12-27(13-11-26)21-15-22(29)25-20-9-8-17(24)14-19(20)21/h3-9,14-15H,2,10-13,16H2,1H3,(H,25,29). The lowest BCUT2D eigenvalue weighted by Crippen LogP contribution is -2.50. The fraction of sp³-hybridized carbons (Fsp3) is 0.304. The number of amides is 1. The lowest BCUT2D eigenvalue weighted by Gasteiger charge is -2.37. The van der Waals surface area contributed by atoms with Crippen molar-refractivity contribution in [3.8, 4) is 0 Å². The molecule has 7 heteroatoms. The van der Waals surface area contributed by atoms with E-state index in [0.717, 1.165) is 11.4 Å². The Labute approximate surface area is 174 Å². The Hall–Kier alpha value is -3.19. The van der Waals surface area contributed by atoms with Crippen LogP contribution in [0.25, 0.3) is 10.9 Å². The summed E-state index contributed by atoms with van der Waals surface area (Å²) in [6.45, 7) is 5.66. The Morgan fingerprint density at radius 2 is 1.80 bits per heavy atom. The molecule has 0 radical (unpaired) electrons. The van der Waals surface area contributed by atoms with Gasteiger partial charge in [0.05, 0.1) is 17.7 Å². The van der Waals surface area contributed by atoms with Gasteiger partial charge in [0, 0.05) is 49.9 Å². The number of carbonyl (C=O) groups excluding carboxylic acids is 1. The first-order valence-corrected chi connectivity index (χ1v) is 10.2. The van der Waals surface area contributed by atoms with Crippen LogP contribution in [-0.4, -0.2) is 55.1 Å². The predicted molar refractivity (Wildman–Crippen MR) is 118 cm³/mol. The summed E-state index contributed by atoms with van der Waals surface area (Å²) in [5, 5.41) is 0.695. The molecule has 0 unspecified atom stereocenters. The van der Waals surface area contributed by atoms with Gasteiger partial charge in [-0.25, -0.2) is 4.39 Å². The Kier molecular flexibility index (Phi) is 5.81. The predicted octanol–water partition coefficient (Wildman–Crippen LogP) is 2.84. The van der Waals surface area contributed by atoms with Gasteiger partial charge in [0.1, 0.15) is 5.82 Å². The van der Waals surface area contributed by atoms with Crippen molar-refractivity contribution in [1.29, 1.82) is 0 Å². The van der Waals surface area contributed by atoms with Crippen molar-refractivity contribution in [3.63, 3.8) is 0 Å². The van der Waals surface area contributed by atoms with Gasteiger partial charge in [-0.2, -0.15) is 0 Å². The maximum Gasteiger partial charge on any atom is 0.250 e. The van der Waals surface area contributed by atoms with Gasteiger partial charge in [-0.05, 0) is 37.3 Å². The van der Waals surface area contributed by atoms with Crippen LogP contribution in [0.15, 0.2) is 59.4 Å². The largest absolute Gasteiger partial charge is 0.368 e. The number of likely N-dealkylation sites (N-methyl/N-ethyl adjacent to an activating group) is 1. The molecule has 2 heterocycles. The van der Waals surface area contributed by atoms with E-state index in [-0.39, 0.29) is 17.3 Å². The Morgan fingerprint density at radius 1 is 1.07 bits per heavy atom. The van der Waals surface area contributed by atoms with Crippen molar-refractivity contribution in [2.75, 3.05) is 49.1 Å². The Balaban J connectivity index is 1.44. The number of halogens is 1. The van der Waals surface area contributed by atoms with Gasteiger partial charge >= 0.3 is 0 Å². The molecule has 30 heavy (non-hydrogen) atoms. The number of para-hydroxylation sites is 1. The van der Waals surface area contributed by atoms with Crippen LogP contribution in [0.2, 0.25) is 0 Å². The molecule has 2 aromatic carbocycles. The van der Waals surface area contributed by atoms with Crippen LogP contribution >= 0.6 is 0 Å². The number of rotatable bonds is 5. The third-order valence-electron chi connectivity index (χ3n) is 5.54. The minimum atomic E-state index is -0.333. The van der Waals surface area contributed by atoms with E-state index in [1.54, 1.807) is 11.0 Å². The second kappa shape index (κ2) is 8.67. The zero-order valence-electron chi connectivity index (χ0n) is 17.0. The van der Waals surface area contributed by atoms with Crippen molar-refractivity contribution in [3.05, 3.63) is 70.8 Å². The highest BCUT2D eigenvalue weighted by atomic mass is 19.1. The Morgan fingerprint density at radius 3 is 2.50 bits per heavy atom. The number of anilines is 2.